The van der Waals surface area contributed by atoms with Crippen molar-refractivity contribution in [3.63, 3.8) is 0 Å². The van der Waals surface area contributed by atoms with Crippen LogP contribution < -0.4 is 9.64 Å². The number of carbonyl (C=O) groups excluding carboxylic acids is 3. The van der Waals surface area contributed by atoms with Crippen molar-refractivity contribution in [2.24, 2.45) is 0 Å². The van der Waals surface area contributed by atoms with Gasteiger partial charge >= 0.3 is 5.97 Å². The number of hydrogen-bond donors (Lipinski definition) is 1. The molecule has 0 aromatic heterocycles. The summed E-state index contributed by atoms with van der Waals surface area (Å²) in [5.74, 6) is -0.539. The molecule has 0 spiro atoms. The van der Waals surface area contributed by atoms with Crippen molar-refractivity contribution < 1.29 is 24.2 Å². The van der Waals surface area contributed by atoms with E-state index in [0.29, 0.717) is 37.4 Å². The number of nitrogens with zero attached hydrogens (tertiary/aromatic N) is 2. The Kier molecular flexibility index (Phi) is 4.64. The number of ether oxygens (including phenoxy) is 1. The number of aliphatic hydroxyl groups excluding tert-OH is 1. The van der Waals surface area contributed by atoms with E-state index in [-0.39, 0.29) is 24.3 Å². The second-order valence-electron chi connectivity index (χ2n) is 6.14. The summed E-state index contributed by atoms with van der Waals surface area (Å²) in [6.07, 6.45) is 1.07. The number of rotatable bonds is 3. The van der Waals surface area contributed by atoms with Crippen molar-refractivity contribution in [3.8, 4) is 5.75 Å². The lowest BCUT2D eigenvalue weighted by Gasteiger charge is -2.32. The van der Waals surface area contributed by atoms with Gasteiger partial charge in [0.25, 0.3) is 5.91 Å². The summed E-state index contributed by atoms with van der Waals surface area (Å²) in [6.45, 7) is 2.54. The van der Waals surface area contributed by atoms with Gasteiger partial charge in [-0.3, -0.25) is 19.3 Å². The van der Waals surface area contributed by atoms with Crippen molar-refractivity contribution in [1.29, 1.82) is 0 Å². The van der Waals surface area contributed by atoms with Gasteiger partial charge < -0.3 is 9.84 Å². The number of likely N-dealkylation sites (tertiary alicyclic amines) is 1. The first-order valence-corrected chi connectivity index (χ1v) is 8.03. The minimum atomic E-state index is -0.460. The fourth-order valence-electron chi connectivity index (χ4n) is 3.20. The van der Waals surface area contributed by atoms with Crippen LogP contribution in [0.4, 0.5) is 5.69 Å². The van der Waals surface area contributed by atoms with E-state index >= 15 is 0 Å². The van der Waals surface area contributed by atoms with Gasteiger partial charge in [-0.25, -0.2) is 4.90 Å². The van der Waals surface area contributed by atoms with Crippen LogP contribution in [0, 0.1) is 0 Å². The number of benzene rings is 1. The molecule has 0 radical (unpaired) electrons. The standard InChI is InChI=1S/C17H20N2O5/c1-11(20)24-14-4-2-12(3-5-14)19-16(22)10-15(17(19)23)18-8-6-13(21)7-9-18/h2-5,13,15,21H,6-10H2,1H3/t15-/m0/s1. The van der Waals surface area contributed by atoms with Crippen LogP contribution in [0.25, 0.3) is 0 Å². The highest BCUT2D eigenvalue weighted by molar-refractivity contribution is 6.22. The van der Waals surface area contributed by atoms with E-state index in [4.69, 9.17) is 4.74 Å². The molecular formula is C17H20N2O5. The van der Waals surface area contributed by atoms with Crippen LogP contribution in [0.1, 0.15) is 26.2 Å². The smallest absolute Gasteiger partial charge is 0.308 e. The average Bonchev–Trinajstić information content (AvgIpc) is 2.83. The molecule has 0 bridgehead atoms. The molecule has 0 saturated carbocycles. The molecule has 1 atom stereocenters. The molecule has 2 aliphatic heterocycles. The Hall–Kier alpha value is -2.25. The van der Waals surface area contributed by atoms with E-state index in [0.717, 1.165) is 0 Å². The van der Waals surface area contributed by atoms with Gasteiger partial charge in [-0.05, 0) is 37.1 Å². The summed E-state index contributed by atoms with van der Waals surface area (Å²) in [5.41, 5.74) is 0.473. The van der Waals surface area contributed by atoms with Crippen LogP contribution in [0.2, 0.25) is 0 Å². The second-order valence-corrected chi connectivity index (χ2v) is 6.14. The second kappa shape index (κ2) is 6.70. The van der Waals surface area contributed by atoms with Gasteiger partial charge in [0.1, 0.15) is 5.75 Å². The lowest BCUT2D eigenvalue weighted by molar-refractivity contribution is -0.132. The zero-order valence-electron chi connectivity index (χ0n) is 13.5. The van der Waals surface area contributed by atoms with Crippen LogP contribution in [-0.2, 0) is 14.4 Å². The largest absolute Gasteiger partial charge is 0.427 e. The zero-order chi connectivity index (χ0) is 17.3. The molecule has 2 heterocycles. The topological polar surface area (TPSA) is 87.2 Å². The van der Waals surface area contributed by atoms with Crippen LogP contribution in [0.15, 0.2) is 24.3 Å². The van der Waals surface area contributed by atoms with E-state index in [9.17, 15) is 19.5 Å². The van der Waals surface area contributed by atoms with Gasteiger partial charge in [0.15, 0.2) is 0 Å². The minimum Gasteiger partial charge on any atom is -0.427 e. The highest BCUT2D eigenvalue weighted by Crippen LogP contribution is 2.28. The molecule has 7 nitrogen and oxygen atoms in total. The number of piperidine rings is 1. The number of amides is 2. The zero-order valence-corrected chi connectivity index (χ0v) is 13.5. The first-order valence-electron chi connectivity index (χ1n) is 8.03. The number of esters is 1. The highest BCUT2D eigenvalue weighted by atomic mass is 16.5. The normalized spacial score (nSPS) is 22.9. The summed E-state index contributed by atoms with van der Waals surface area (Å²) in [6, 6.07) is 5.84. The Labute approximate surface area is 139 Å². The lowest BCUT2D eigenvalue weighted by Crippen LogP contribution is -2.46. The van der Waals surface area contributed by atoms with Crippen LogP contribution in [-0.4, -0.2) is 53.0 Å². The molecule has 3 rings (SSSR count). The van der Waals surface area contributed by atoms with Gasteiger partial charge in [0.05, 0.1) is 24.3 Å². The molecule has 2 aliphatic rings. The molecule has 2 fully saturated rings. The molecule has 1 aromatic carbocycles. The molecular weight excluding hydrogens is 312 g/mol. The Morgan fingerprint density at radius 1 is 1.17 bits per heavy atom. The molecule has 2 amide bonds. The number of hydrogen-bond acceptors (Lipinski definition) is 6. The van der Waals surface area contributed by atoms with Gasteiger partial charge in [-0.1, -0.05) is 0 Å². The van der Waals surface area contributed by atoms with Crippen molar-refractivity contribution >= 4 is 23.5 Å². The maximum atomic E-state index is 12.7. The Balaban J connectivity index is 1.73. The maximum Gasteiger partial charge on any atom is 0.308 e. The third-order valence-electron chi connectivity index (χ3n) is 4.42. The molecule has 2 saturated heterocycles. The van der Waals surface area contributed by atoms with Gasteiger partial charge in [-0.2, -0.15) is 0 Å². The fourth-order valence-corrected chi connectivity index (χ4v) is 3.20. The molecule has 0 unspecified atom stereocenters. The summed E-state index contributed by atoms with van der Waals surface area (Å²) < 4.78 is 4.95. The predicted molar refractivity (Wildman–Crippen MR) is 85.5 cm³/mol. The van der Waals surface area contributed by atoms with E-state index in [2.05, 4.69) is 0 Å². The van der Waals surface area contributed by atoms with Crippen LogP contribution >= 0.6 is 0 Å². The Morgan fingerprint density at radius 2 is 1.79 bits per heavy atom. The van der Waals surface area contributed by atoms with Crippen molar-refractivity contribution in [2.75, 3.05) is 18.0 Å². The first kappa shape index (κ1) is 16.6. The average molecular weight is 332 g/mol. The molecule has 7 heteroatoms. The highest BCUT2D eigenvalue weighted by Gasteiger charge is 2.43. The predicted octanol–water partition coefficient (Wildman–Crippen LogP) is 0.700. The molecule has 1 N–H and O–H groups in total. The summed E-state index contributed by atoms with van der Waals surface area (Å²) >= 11 is 0. The maximum absolute atomic E-state index is 12.7. The van der Waals surface area contributed by atoms with E-state index in [1.807, 2.05) is 4.90 Å². The number of carbonyl (C=O) groups is 3. The summed E-state index contributed by atoms with van der Waals surface area (Å²) in [4.78, 5) is 39.1. The van der Waals surface area contributed by atoms with Crippen LogP contribution in [0.3, 0.4) is 0 Å². The summed E-state index contributed by atoms with van der Waals surface area (Å²) in [5, 5.41) is 9.58. The summed E-state index contributed by atoms with van der Waals surface area (Å²) in [7, 11) is 0. The van der Waals surface area contributed by atoms with Gasteiger partial charge in [-0.15, -0.1) is 0 Å². The Morgan fingerprint density at radius 3 is 2.38 bits per heavy atom. The number of aliphatic hydroxyl groups is 1. The third-order valence-corrected chi connectivity index (χ3v) is 4.42. The quantitative estimate of drug-likeness (QED) is 0.498. The molecule has 0 aliphatic carbocycles. The SMILES string of the molecule is CC(=O)Oc1ccc(N2C(=O)C[C@H](N3CCC(O)CC3)C2=O)cc1. The van der Waals surface area contributed by atoms with E-state index in [1.165, 1.54) is 11.8 Å². The van der Waals surface area contributed by atoms with E-state index < -0.39 is 12.0 Å². The lowest BCUT2D eigenvalue weighted by atomic mass is 10.1. The molecule has 24 heavy (non-hydrogen) atoms. The fraction of sp³-hybridized carbons (Fsp3) is 0.471. The van der Waals surface area contributed by atoms with Crippen molar-refractivity contribution in [3.05, 3.63) is 24.3 Å². The third kappa shape index (κ3) is 3.32. The van der Waals surface area contributed by atoms with Crippen LogP contribution in [0.5, 0.6) is 5.75 Å². The van der Waals surface area contributed by atoms with E-state index in [1.54, 1.807) is 24.3 Å². The van der Waals surface area contributed by atoms with Crippen molar-refractivity contribution in [2.45, 2.75) is 38.3 Å². The first-order chi connectivity index (χ1) is 11.5. The minimum absolute atomic E-state index is 0.153. The van der Waals surface area contributed by atoms with Gasteiger partial charge in [0, 0.05) is 20.0 Å². The number of anilines is 1. The van der Waals surface area contributed by atoms with Gasteiger partial charge in [0.2, 0.25) is 5.91 Å². The molecule has 128 valence electrons. The number of imide groups is 1. The molecule has 1 aromatic rings. The monoisotopic (exact) mass is 332 g/mol. The van der Waals surface area contributed by atoms with Crippen molar-refractivity contribution in [1.82, 2.24) is 4.90 Å². The Bertz CT molecular complexity index is 649.